The van der Waals surface area contributed by atoms with Gasteiger partial charge in [-0.3, -0.25) is 0 Å². The minimum absolute atomic E-state index is 0.407. The van der Waals surface area contributed by atoms with Crippen LogP contribution in [0.1, 0.15) is 0 Å². The van der Waals surface area contributed by atoms with Crippen LogP contribution in [-0.4, -0.2) is 78.7 Å². The van der Waals surface area contributed by atoms with Crippen LogP contribution in [0.4, 0.5) is 0 Å². The molecule has 1 aliphatic rings. The van der Waals surface area contributed by atoms with E-state index >= 15 is 0 Å². The predicted molar refractivity (Wildman–Crippen MR) is 68.2 cm³/mol. The summed E-state index contributed by atoms with van der Waals surface area (Å²) >= 11 is 0. The molecule has 1 fully saturated rings. The van der Waals surface area contributed by atoms with Gasteiger partial charge in [-0.2, -0.15) is 4.98 Å². The van der Waals surface area contributed by atoms with E-state index < -0.39 is 31.2 Å². The van der Waals surface area contributed by atoms with Gasteiger partial charge < -0.3 is 34.9 Å². The number of aromatic amines is 1. The number of nitrogens with zero attached hydrogens (tertiary/aromatic N) is 3. The summed E-state index contributed by atoms with van der Waals surface area (Å²) < 4.78 is 9.41. The summed E-state index contributed by atoms with van der Waals surface area (Å²) in [6, 6.07) is 0.459. The number of aliphatic hydroxyl groups excluding tert-OH is 4. The highest BCUT2D eigenvalue weighted by atomic mass is 16.6. The van der Waals surface area contributed by atoms with Crippen LogP contribution < -0.4 is 4.74 Å². The monoisotopic (exact) mass is 300 g/mol. The normalized spacial score (nSPS) is 28.2. The van der Waals surface area contributed by atoms with Crippen LogP contribution in [0.3, 0.4) is 0 Å². The fraction of sp³-hybridized carbons (Fsp3) is 0.545. The van der Waals surface area contributed by atoms with Crippen molar-refractivity contribution in [1.82, 2.24) is 19.9 Å². The summed E-state index contributed by atoms with van der Waals surface area (Å²) in [7, 11) is 1.55. The van der Waals surface area contributed by atoms with Crippen LogP contribution in [0.2, 0.25) is 0 Å². The molecule has 1 saturated heterocycles. The molecule has 0 saturated carbocycles. The zero-order valence-corrected chi connectivity index (χ0v) is 11.1. The number of hydrogen-bond acceptors (Lipinski definition) is 9. The molecule has 3 heterocycles. The highest BCUT2D eigenvalue weighted by Gasteiger charge is 2.41. The first kappa shape index (κ1) is 15.5. The quantitative estimate of drug-likeness (QED) is 0.415. The maximum atomic E-state index is 8.93. The van der Waals surface area contributed by atoms with Crippen LogP contribution in [-0.2, 0) is 4.74 Å². The second-order valence-corrected chi connectivity index (χ2v) is 4.23. The van der Waals surface area contributed by atoms with Gasteiger partial charge in [-0.05, 0) is 0 Å². The van der Waals surface area contributed by atoms with Gasteiger partial charge in [0.2, 0.25) is 0 Å². The fourth-order valence-corrected chi connectivity index (χ4v) is 1.72. The minimum Gasteiger partial charge on any atom is -0.468 e. The Morgan fingerprint density at radius 1 is 1.33 bits per heavy atom. The van der Waals surface area contributed by atoms with Crippen LogP contribution in [0.5, 0.6) is 6.01 Å². The van der Waals surface area contributed by atoms with E-state index in [2.05, 4.69) is 24.7 Å². The van der Waals surface area contributed by atoms with Gasteiger partial charge in [0.25, 0.3) is 6.01 Å². The molecule has 2 aromatic rings. The average molecular weight is 300 g/mol. The molecule has 1 aliphatic heterocycles. The van der Waals surface area contributed by atoms with Crippen molar-refractivity contribution in [2.24, 2.45) is 0 Å². The molecular formula is C11H16N4O6. The van der Waals surface area contributed by atoms with Crippen LogP contribution >= 0.6 is 0 Å². The van der Waals surface area contributed by atoms with E-state index in [0.29, 0.717) is 11.7 Å². The number of nitrogens with one attached hydrogen (secondary N) is 1. The Morgan fingerprint density at radius 3 is 2.57 bits per heavy atom. The lowest BCUT2D eigenvalue weighted by atomic mass is 10.1. The van der Waals surface area contributed by atoms with E-state index in [4.69, 9.17) is 25.2 Å². The summed E-state index contributed by atoms with van der Waals surface area (Å²) in [5.41, 5.74) is 1.40. The smallest absolute Gasteiger partial charge is 0.295 e. The number of aromatic nitrogens is 4. The molecule has 3 rings (SSSR count). The lowest BCUT2D eigenvalue weighted by Gasteiger charge is -2.09. The lowest BCUT2D eigenvalue weighted by molar-refractivity contribution is -0.132. The van der Waals surface area contributed by atoms with Gasteiger partial charge in [-0.25, -0.2) is 9.97 Å². The Hall–Kier alpha value is -1.85. The maximum Gasteiger partial charge on any atom is 0.295 e. The number of rotatable bonds is 2. The largest absolute Gasteiger partial charge is 0.468 e. The first-order chi connectivity index (χ1) is 10.1. The maximum absolute atomic E-state index is 8.93. The molecule has 2 aromatic heterocycles. The van der Waals surface area contributed by atoms with Crippen molar-refractivity contribution in [2.45, 2.75) is 24.6 Å². The first-order valence-corrected chi connectivity index (χ1v) is 6.07. The Bertz CT molecular complexity index is 546. The van der Waals surface area contributed by atoms with Crippen molar-refractivity contribution < 1.29 is 29.9 Å². The van der Waals surface area contributed by atoms with Crippen molar-refractivity contribution in [3.8, 4) is 6.01 Å². The molecule has 0 bridgehead atoms. The fourth-order valence-electron chi connectivity index (χ4n) is 1.72. The van der Waals surface area contributed by atoms with Gasteiger partial charge >= 0.3 is 0 Å². The van der Waals surface area contributed by atoms with E-state index in [1.54, 1.807) is 13.3 Å². The molecule has 116 valence electrons. The summed E-state index contributed by atoms with van der Waals surface area (Å²) in [6.07, 6.45) is -1.66. The molecule has 0 aromatic carbocycles. The number of fused-ring (bicyclic) bond motifs is 1. The third-order valence-corrected chi connectivity index (χ3v) is 2.85. The van der Waals surface area contributed by atoms with Gasteiger partial charge in [0, 0.05) is 0 Å². The number of imidazole rings is 1. The van der Waals surface area contributed by atoms with Gasteiger partial charge in [0.05, 0.1) is 19.9 Å². The Morgan fingerprint density at radius 2 is 2.10 bits per heavy atom. The van der Waals surface area contributed by atoms with Gasteiger partial charge in [0.1, 0.15) is 30.2 Å². The molecule has 10 nitrogen and oxygen atoms in total. The predicted octanol–water partition coefficient (Wildman–Crippen LogP) is -2.22. The highest BCUT2D eigenvalue weighted by Crippen LogP contribution is 2.18. The van der Waals surface area contributed by atoms with Crippen molar-refractivity contribution >= 4 is 11.2 Å². The molecule has 1 unspecified atom stereocenters. The van der Waals surface area contributed by atoms with Crippen molar-refractivity contribution in [3.63, 3.8) is 0 Å². The van der Waals surface area contributed by atoms with Gasteiger partial charge in [-0.15, -0.1) is 0 Å². The molecule has 5 N–H and O–H groups in total. The molecule has 0 spiro atoms. The van der Waals surface area contributed by atoms with Crippen LogP contribution in [0, 0.1) is 0 Å². The second kappa shape index (κ2) is 6.74. The molecule has 0 radical (unpaired) electrons. The van der Waals surface area contributed by atoms with Crippen molar-refractivity contribution in [3.05, 3.63) is 12.5 Å². The van der Waals surface area contributed by atoms with Crippen molar-refractivity contribution in [1.29, 1.82) is 0 Å². The summed E-state index contributed by atoms with van der Waals surface area (Å²) in [4.78, 5) is 14.6. The second-order valence-electron chi connectivity index (χ2n) is 4.23. The third-order valence-electron chi connectivity index (χ3n) is 2.85. The summed E-state index contributed by atoms with van der Waals surface area (Å²) in [6.45, 7) is -0.407. The van der Waals surface area contributed by atoms with E-state index in [-0.39, 0.29) is 0 Å². The van der Waals surface area contributed by atoms with Crippen LogP contribution in [0.15, 0.2) is 12.5 Å². The Balaban J connectivity index is 0.000000155. The highest BCUT2D eigenvalue weighted by molar-refractivity contribution is 5.69. The topological polar surface area (TPSA) is 154 Å². The van der Waals surface area contributed by atoms with Crippen LogP contribution in [0.25, 0.3) is 11.2 Å². The summed E-state index contributed by atoms with van der Waals surface area (Å²) in [5.74, 6) is 0. The molecule has 4 atom stereocenters. The van der Waals surface area contributed by atoms with Crippen molar-refractivity contribution in [2.75, 3.05) is 13.7 Å². The molecule has 10 heteroatoms. The standard InChI is InChI=1S/C6H6N4O.C5H10O5/c1-11-6-9-4-2-7-3-8-5(4)10-6;6-1-2-3(7)4(8)5(9)10-2/h2-3H,1H3,(H,7,8,9,10);2-9H,1H2/t;2-,3-,4+,5?/m.1/s1. The number of methoxy groups -OCH3 is 1. The Labute approximate surface area is 119 Å². The molecular weight excluding hydrogens is 284 g/mol. The number of H-pyrrole nitrogens is 1. The summed E-state index contributed by atoms with van der Waals surface area (Å²) in [5, 5.41) is 35.0. The van der Waals surface area contributed by atoms with E-state index in [9.17, 15) is 0 Å². The SMILES string of the molecule is COc1nc2ncncc2[nH]1.OC[C@H]1OC(O)[C@@H](O)[C@@H]1O. The molecule has 0 aliphatic carbocycles. The van der Waals surface area contributed by atoms with Gasteiger partial charge in [0.15, 0.2) is 11.9 Å². The van der Waals surface area contributed by atoms with E-state index in [1.165, 1.54) is 6.33 Å². The number of ether oxygens (including phenoxy) is 2. The zero-order valence-electron chi connectivity index (χ0n) is 11.1. The number of hydrogen-bond donors (Lipinski definition) is 5. The third kappa shape index (κ3) is 3.43. The molecule has 21 heavy (non-hydrogen) atoms. The molecule has 0 amide bonds. The Kier molecular flexibility index (Phi) is 4.98. The number of aliphatic hydroxyl groups is 4. The van der Waals surface area contributed by atoms with E-state index in [0.717, 1.165) is 5.52 Å². The van der Waals surface area contributed by atoms with E-state index in [1.807, 2.05) is 0 Å². The zero-order chi connectivity index (χ0) is 15.4. The van der Waals surface area contributed by atoms with Gasteiger partial charge in [-0.1, -0.05) is 0 Å². The minimum atomic E-state index is -1.38. The average Bonchev–Trinajstić information content (AvgIpc) is 3.04. The first-order valence-electron chi connectivity index (χ1n) is 6.07. The lowest BCUT2D eigenvalue weighted by Crippen LogP contribution is -2.33.